The third-order valence-corrected chi connectivity index (χ3v) is 8.32. The van der Waals surface area contributed by atoms with Crippen LogP contribution in [0.25, 0.3) is 0 Å². The highest BCUT2D eigenvalue weighted by Gasteiger charge is 2.71. The van der Waals surface area contributed by atoms with E-state index in [0.29, 0.717) is 34.0 Å². The lowest BCUT2D eigenvalue weighted by Crippen LogP contribution is -2.60. The summed E-state index contributed by atoms with van der Waals surface area (Å²) in [6.07, 6.45) is 2.05. The highest BCUT2D eigenvalue weighted by Crippen LogP contribution is 2.52. The molecule has 0 spiro atoms. The molecule has 146 valence electrons. The van der Waals surface area contributed by atoms with E-state index in [1.54, 1.807) is 12.1 Å². The SMILES string of the molecule is Br.C[N+]1(C)C2CC(OC(=O)C(O)(c3cccs3)c3cccs3)CC1C1OC12. The van der Waals surface area contributed by atoms with Crippen LogP contribution in [0, 0.1) is 0 Å². The van der Waals surface area contributed by atoms with Crippen molar-refractivity contribution in [2.24, 2.45) is 0 Å². The van der Waals surface area contributed by atoms with Crippen LogP contribution in [0.3, 0.4) is 0 Å². The molecular formula is C19H23BrNO4S2+. The summed E-state index contributed by atoms with van der Waals surface area (Å²) in [4.78, 5) is 14.3. The van der Waals surface area contributed by atoms with Gasteiger partial charge in [0.25, 0.3) is 0 Å². The average Bonchev–Trinajstić information content (AvgIpc) is 2.98. The molecule has 0 aliphatic carbocycles. The molecule has 3 aliphatic heterocycles. The van der Waals surface area contributed by atoms with Gasteiger partial charge in [0.05, 0.1) is 23.8 Å². The summed E-state index contributed by atoms with van der Waals surface area (Å²) in [7, 11) is 4.49. The van der Waals surface area contributed by atoms with E-state index in [1.165, 1.54) is 22.7 Å². The number of carbonyl (C=O) groups excluding carboxylic acids is 1. The van der Waals surface area contributed by atoms with Crippen molar-refractivity contribution in [1.82, 2.24) is 0 Å². The van der Waals surface area contributed by atoms with Crippen molar-refractivity contribution in [3.8, 4) is 0 Å². The fourth-order valence-electron chi connectivity index (χ4n) is 4.83. The van der Waals surface area contributed by atoms with Gasteiger partial charge >= 0.3 is 5.97 Å². The molecule has 0 amide bonds. The first-order chi connectivity index (χ1) is 12.4. The summed E-state index contributed by atoms with van der Waals surface area (Å²) < 4.78 is 12.6. The van der Waals surface area contributed by atoms with Gasteiger partial charge in [-0.2, -0.15) is 0 Å². The zero-order valence-corrected chi connectivity index (χ0v) is 18.5. The maximum absolute atomic E-state index is 13.1. The Kier molecular flexibility index (Phi) is 4.81. The van der Waals surface area contributed by atoms with Gasteiger partial charge in [-0.1, -0.05) is 12.1 Å². The van der Waals surface area contributed by atoms with Crippen LogP contribution < -0.4 is 0 Å². The summed E-state index contributed by atoms with van der Waals surface area (Å²) in [6.45, 7) is 0. The smallest absolute Gasteiger partial charge is 0.349 e. The summed E-state index contributed by atoms with van der Waals surface area (Å²) in [5.41, 5.74) is -1.72. The van der Waals surface area contributed by atoms with Crippen LogP contribution in [-0.4, -0.2) is 60.0 Å². The molecule has 3 saturated heterocycles. The van der Waals surface area contributed by atoms with Crippen LogP contribution in [-0.2, 0) is 19.9 Å². The molecule has 27 heavy (non-hydrogen) atoms. The van der Waals surface area contributed by atoms with E-state index in [0.717, 1.165) is 17.3 Å². The molecule has 2 aromatic rings. The first-order valence-electron chi connectivity index (χ1n) is 8.92. The van der Waals surface area contributed by atoms with Crippen LogP contribution in [0.15, 0.2) is 35.0 Å². The van der Waals surface area contributed by atoms with Crippen LogP contribution in [0.5, 0.6) is 0 Å². The molecule has 0 aromatic carbocycles. The van der Waals surface area contributed by atoms with E-state index in [2.05, 4.69) is 14.1 Å². The number of piperidine rings is 1. The van der Waals surface area contributed by atoms with Gasteiger partial charge in [-0.25, -0.2) is 4.79 Å². The fourth-order valence-corrected chi connectivity index (χ4v) is 6.54. The van der Waals surface area contributed by atoms with Crippen LogP contribution in [0.4, 0.5) is 0 Å². The second-order valence-corrected chi connectivity index (χ2v) is 9.89. The third-order valence-electron chi connectivity index (χ3n) is 6.36. The molecule has 5 rings (SSSR count). The summed E-state index contributed by atoms with van der Waals surface area (Å²) in [5, 5.41) is 15.1. The molecule has 0 radical (unpaired) electrons. The van der Waals surface area contributed by atoms with Crippen LogP contribution >= 0.6 is 39.7 Å². The number of hydrogen-bond donors (Lipinski definition) is 1. The monoisotopic (exact) mass is 472 g/mol. The van der Waals surface area contributed by atoms with Gasteiger partial charge in [-0.3, -0.25) is 0 Å². The number of halogens is 1. The number of hydrogen-bond acceptors (Lipinski definition) is 6. The largest absolute Gasteiger partial charge is 0.459 e. The van der Waals surface area contributed by atoms with Crippen molar-refractivity contribution in [2.45, 2.75) is 48.8 Å². The molecule has 4 atom stereocenters. The number of rotatable bonds is 4. The summed E-state index contributed by atoms with van der Waals surface area (Å²) >= 11 is 2.74. The van der Waals surface area contributed by atoms with Crippen molar-refractivity contribution in [2.75, 3.05) is 14.1 Å². The predicted octanol–water partition coefficient (Wildman–Crippen LogP) is 2.92. The lowest BCUT2D eigenvalue weighted by molar-refractivity contribution is -0.938. The normalized spacial score (nSPS) is 33.1. The number of morpholine rings is 1. The van der Waals surface area contributed by atoms with E-state index >= 15 is 0 Å². The second kappa shape index (κ2) is 6.64. The van der Waals surface area contributed by atoms with Crippen molar-refractivity contribution in [3.63, 3.8) is 0 Å². The Balaban J connectivity index is 0.00000180. The molecule has 4 unspecified atom stereocenters. The van der Waals surface area contributed by atoms with E-state index in [1.807, 2.05) is 22.9 Å². The molecule has 3 aliphatic rings. The third kappa shape index (κ3) is 2.84. The average molecular weight is 473 g/mol. The maximum atomic E-state index is 13.1. The number of fused-ring (bicyclic) bond motifs is 5. The molecule has 3 fully saturated rings. The van der Waals surface area contributed by atoms with Crippen molar-refractivity contribution >= 4 is 45.6 Å². The van der Waals surface area contributed by atoms with Gasteiger partial charge in [-0.15, -0.1) is 39.7 Å². The summed E-state index contributed by atoms with van der Waals surface area (Å²) in [5.74, 6) is -0.561. The maximum Gasteiger partial charge on any atom is 0.349 e. The Morgan fingerprint density at radius 2 is 1.67 bits per heavy atom. The van der Waals surface area contributed by atoms with Gasteiger partial charge in [0, 0.05) is 12.8 Å². The topological polar surface area (TPSA) is 59.1 Å². The highest BCUT2D eigenvalue weighted by molar-refractivity contribution is 8.93. The zero-order valence-electron chi connectivity index (χ0n) is 15.1. The lowest BCUT2D eigenvalue weighted by atomic mass is 9.95. The Labute approximate surface area is 176 Å². The molecular weight excluding hydrogens is 450 g/mol. The molecule has 2 aromatic heterocycles. The summed E-state index contributed by atoms with van der Waals surface area (Å²) in [6, 6.07) is 8.01. The van der Waals surface area contributed by atoms with Gasteiger partial charge in [0.1, 0.15) is 30.4 Å². The Morgan fingerprint density at radius 3 is 2.11 bits per heavy atom. The number of ether oxygens (including phenoxy) is 2. The van der Waals surface area contributed by atoms with Crippen molar-refractivity contribution in [1.29, 1.82) is 0 Å². The molecule has 1 N–H and O–H groups in total. The Bertz CT molecular complexity index is 769. The quantitative estimate of drug-likeness (QED) is 0.422. The van der Waals surface area contributed by atoms with E-state index < -0.39 is 11.6 Å². The first-order valence-corrected chi connectivity index (χ1v) is 10.7. The minimum Gasteiger partial charge on any atom is -0.459 e. The van der Waals surface area contributed by atoms with E-state index in [-0.39, 0.29) is 23.1 Å². The van der Waals surface area contributed by atoms with Crippen LogP contribution in [0.1, 0.15) is 22.6 Å². The lowest BCUT2D eigenvalue weighted by Gasteiger charge is -2.45. The molecule has 5 nitrogen and oxygen atoms in total. The number of aliphatic hydroxyl groups is 1. The minimum absolute atomic E-state index is 0. The van der Waals surface area contributed by atoms with Gasteiger partial charge in [0.2, 0.25) is 5.60 Å². The fraction of sp³-hybridized carbons (Fsp3) is 0.526. The zero-order chi connectivity index (χ0) is 18.1. The van der Waals surface area contributed by atoms with Gasteiger partial charge in [-0.05, 0) is 22.9 Å². The highest BCUT2D eigenvalue weighted by atomic mass is 79.9. The number of carbonyl (C=O) groups is 1. The van der Waals surface area contributed by atoms with Crippen molar-refractivity contribution < 1.29 is 23.9 Å². The molecule has 8 heteroatoms. The second-order valence-electron chi connectivity index (χ2n) is 7.99. The number of esters is 1. The number of likely N-dealkylation sites (N-methyl/N-ethyl adjacent to an activating group) is 1. The van der Waals surface area contributed by atoms with Gasteiger partial charge in [0.15, 0.2) is 0 Å². The van der Waals surface area contributed by atoms with E-state index in [9.17, 15) is 9.90 Å². The molecule has 5 heterocycles. The Morgan fingerprint density at radius 1 is 1.15 bits per heavy atom. The number of quaternary nitrogens is 1. The minimum atomic E-state index is -1.72. The molecule has 2 bridgehead atoms. The number of thiophene rings is 2. The van der Waals surface area contributed by atoms with E-state index in [4.69, 9.17) is 9.47 Å². The number of nitrogens with zero attached hydrogens (tertiary/aromatic N) is 1. The first kappa shape index (κ1) is 19.5. The molecule has 0 saturated carbocycles. The standard InChI is InChI=1S/C19H22NO4S2.BrH/c1-20(2)12-9-11(10-13(20)17-16(12)24-17)23-18(21)19(22,14-5-3-7-25-14)15-6-4-8-26-15;/h3-8,11-13,16-17,22H,9-10H2,1-2H3;1H/q+1;. The Hall–Kier alpha value is -0.770. The van der Waals surface area contributed by atoms with Crippen molar-refractivity contribution in [3.05, 3.63) is 44.8 Å². The predicted molar refractivity (Wildman–Crippen MR) is 109 cm³/mol. The number of epoxide rings is 1. The van der Waals surface area contributed by atoms with Crippen LogP contribution in [0.2, 0.25) is 0 Å². The van der Waals surface area contributed by atoms with Gasteiger partial charge < -0.3 is 19.1 Å².